The summed E-state index contributed by atoms with van der Waals surface area (Å²) in [4.78, 5) is 28.0. The highest BCUT2D eigenvalue weighted by Crippen LogP contribution is 2.34. The van der Waals surface area contributed by atoms with Crippen molar-refractivity contribution in [3.63, 3.8) is 0 Å². The lowest BCUT2D eigenvalue weighted by Gasteiger charge is -2.19. The Balaban J connectivity index is 2.02. The molecule has 0 aliphatic heterocycles. The molecule has 1 aromatic heterocycles. The average molecular weight is 336 g/mol. The van der Waals surface area contributed by atoms with E-state index in [1.165, 1.54) is 12.0 Å². The highest BCUT2D eigenvalue weighted by atomic mass is 16.5. The Labute approximate surface area is 141 Å². The molecule has 0 radical (unpaired) electrons. The van der Waals surface area contributed by atoms with Crippen LogP contribution in [0.25, 0.3) is 0 Å². The van der Waals surface area contributed by atoms with Crippen LogP contribution < -0.4 is 4.74 Å². The number of fused-ring (bicyclic) bond motifs is 1. The second kappa shape index (κ2) is 8.10. The van der Waals surface area contributed by atoms with Gasteiger partial charge in [0, 0.05) is 30.8 Å². The van der Waals surface area contributed by atoms with Crippen molar-refractivity contribution < 1.29 is 24.2 Å². The zero-order chi connectivity index (χ0) is 17.7. The Bertz CT molecular complexity index is 617. The molecule has 1 N–H and O–H groups in total. The molecule has 132 valence electrons. The van der Waals surface area contributed by atoms with Gasteiger partial charge in [-0.1, -0.05) is 0 Å². The van der Waals surface area contributed by atoms with E-state index in [2.05, 4.69) is 4.98 Å². The number of carbonyl (C=O) groups is 2. The number of amides is 1. The fourth-order valence-corrected chi connectivity index (χ4v) is 3.02. The van der Waals surface area contributed by atoms with Gasteiger partial charge in [-0.2, -0.15) is 0 Å². The van der Waals surface area contributed by atoms with Crippen LogP contribution >= 0.6 is 0 Å². The maximum atomic E-state index is 11.2. The number of hydrogen-bond acceptors (Lipinski definition) is 5. The summed E-state index contributed by atoms with van der Waals surface area (Å²) in [6, 6.07) is 0. The summed E-state index contributed by atoms with van der Waals surface area (Å²) < 4.78 is 10.6. The minimum Gasteiger partial charge on any atom is -0.476 e. The first-order valence-corrected chi connectivity index (χ1v) is 8.01. The molecular weight excluding hydrogens is 312 g/mol. The lowest BCUT2D eigenvalue weighted by molar-refractivity contribution is -0.110. The molecule has 0 saturated carbocycles. The lowest BCUT2D eigenvalue weighted by Crippen LogP contribution is -2.36. The number of carboxylic acid groups (broad SMARTS) is 1. The molecule has 1 aliphatic rings. The van der Waals surface area contributed by atoms with Crippen molar-refractivity contribution in [3.05, 3.63) is 22.4 Å². The Kier molecular flexibility index (Phi) is 6.14. The van der Waals surface area contributed by atoms with Crippen LogP contribution in [0.1, 0.15) is 22.4 Å². The smallest absolute Gasteiger partial charge is 0.407 e. The van der Waals surface area contributed by atoms with Gasteiger partial charge in [-0.15, -0.1) is 0 Å². The van der Waals surface area contributed by atoms with E-state index in [-0.39, 0.29) is 19.1 Å². The second-order valence-corrected chi connectivity index (χ2v) is 6.00. The molecule has 1 aliphatic carbocycles. The predicted molar refractivity (Wildman–Crippen MR) is 87.6 cm³/mol. The molecule has 1 heterocycles. The molecule has 0 bridgehead atoms. The van der Waals surface area contributed by atoms with Crippen molar-refractivity contribution in [2.45, 2.75) is 26.7 Å². The SMILES string of the molecule is COCCN(CCOc1nc(C)c2c(c1C)CC(C=O)C2)C(=O)O. The lowest BCUT2D eigenvalue weighted by atomic mass is 10.0. The van der Waals surface area contributed by atoms with Crippen molar-refractivity contribution in [3.8, 4) is 5.88 Å². The minimum absolute atomic E-state index is 0.0194. The summed E-state index contributed by atoms with van der Waals surface area (Å²) in [5.41, 5.74) is 4.11. The Morgan fingerprint density at radius 1 is 1.29 bits per heavy atom. The van der Waals surface area contributed by atoms with Gasteiger partial charge in [0.25, 0.3) is 0 Å². The third kappa shape index (κ3) is 4.03. The van der Waals surface area contributed by atoms with Gasteiger partial charge >= 0.3 is 6.09 Å². The Morgan fingerprint density at radius 3 is 2.58 bits per heavy atom. The molecule has 1 atom stereocenters. The van der Waals surface area contributed by atoms with E-state index in [4.69, 9.17) is 14.6 Å². The third-order valence-corrected chi connectivity index (χ3v) is 4.40. The fraction of sp³-hybridized carbons (Fsp3) is 0.588. The highest BCUT2D eigenvalue weighted by molar-refractivity contribution is 5.64. The molecule has 2 rings (SSSR count). The van der Waals surface area contributed by atoms with Crippen LogP contribution in [0, 0.1) is 19.8 Å². The largest absolute Gasteiger partial charge is 0.476 e. The molecule has 0 aromatic carbocycles. The molecule has 0 spiro atoms. The predicted octanol–water partition coefficient (Wildman–Crippen LogP) is 1.62. The highest BCUT2D eigenvalue weighted by Gasteiger charge is 2.27. The number of hydrogen-bond donors (Lipinski definition) is 1. The van der Waals surface area contributed by atoms with Crippen LogP contribution in [-0.2, 0) is 22.4 Å². The zero-order valence-corrected chi connectivity index (χ0v) is 14.4. The van der Waals surface area contributed by atoms with E-state index in [0.717, 1.165) is 41.5 Å². The Morgan fingerprint density at radius 2 is 1.96 bits per heavy atom. The standard InChI is InChI=1S/C17H24N2O5/c1-11-14-8-13(10-20)9-15(14)12(2)18-16(11)24-7-5-19(17(21)22)4-6-23-3/h10,13H,4-9H2,1-3H3,(H,21,22). The van der Waals surface area contributed by atoms with E-state index >= 15 is 0 Å². The number of aldehydes is 1. The van der Waals surface area contributed by atoms with Crippen molar-refractivity contribution in [2.24, 2.45) is 5.92 Å². The number of ether oxygens (including phenoxy) is 2. The number of nitrogens with zero attached hydrogens (tertiary/aromatic N) is 2. The Hall–Kier alpha value is -2.15. The first kappa shape index (κ1) is 18.2. The summed E-state index contributed by atoms with van der Waals surface area (Å²) in [7, 11) is 1.53. The normalized spacial score (nSPS) is 15.9. The van der Waals surface area contributed by atoms with Gasteiger partial charge in [-0.3, -0.25) is 0 Å². The van der Waals surface area contributed by atoms with E-state index in [9.17, 15) is 9.59 Å². The third-order valence-electron chi connectivity index (χ3n) is 4.40. The summed E-state index contributed by atoms with van der Waals surface area (Å²) >= 11 is 0. The molecule has 24 heavy (non-hydrogen) atoms. The van der Waals surface area contributed by atoms with Crippen LogP contribution in [-0.4, -0.2) is 60.8 Å². The van der Waals surface area contributed by atoms with Gasteiger partial charge < -0.3 is 24.3 Å². The second-order valence-electron chi connectivity index (χ2n) is 6.00. The molecular formula is C17H24N2O5. The van der Waals surface area contributed by atoms with Gasteiger partial charge in [-0.25, -0.2) is 9.78 Å². The molecule has 0 fully saturated rings. The number of rotatable bonds is 8. The zero-order valence-electron chi connectivity index (χ0n) is 14.4. The van der Waals surface area contributed by atoms with Gasteiger partial charge in [0.15, 0.2) is 0 Å². The summed E-state index contributed by atoms with van der Waals surface area (Å²) in [6.45, 7) is 4.96. The number of methoxy groups -OCH3 is 1. The average Bonchev–Trinajstić information content (AvgIpc) is 3.00. The van der Waals surface area contributed by atoms with E-state index in [1.807, 2.05) is 13.8 Å². The fourth-order valence-electron chi connectivity index (χ4n) is 3.02. The maximum absolute atomic E-state index is 11.2. The molecule has 7 heteroatoms. The number of aryl methyl sites for hydroxylation is 1. The number of carbonyl (C=O) groups excluding carboxylic acids is 1. The van der Waals surface area contributed by atoms with E-state index in [0.29, 0.717) is 19.0 Å². The maximum Gasteiger partial charge on any atom is 0.407 e. The van der Waals surface area contributed by atoms with Crippen molar-refractivity contribution in [1.82, 2.24) is 9.88 Å². The van der Waals surface area contributed by atoms with Crippen LogP contribution in [0.3, 0.4) is 0 Å². The van der Waals surface area contributed by atoms with Crippen LogP contribution in [0.4, 0.5) is 4.79 Å². The van der Waals surface area contributed by atoms with Gasteiger partial charge in [0.1, 0.15) is 12.9 Å². The van der Waals surface area contributed by atoms with Crippen molar-refractivity contribution >= 4 is 12.4 Å². The van der Waals surface area contributed by atoms with Crippen molar-refractivity contribution in [1.29, 1.82) is 0 Å². The molecule has 1 unspecified atom stereocenters. The molecule has 1 aromatic rings. The van der Waals surface area contributed by atoms with Gasteiger partial charge in [0.05, 0.1) is 13.2 Å². The van der Waals surface area contributed by atoms with E-state index in [1.54, 1.807) is 0 Å². The van der Waals surface area contributed by atoms with Crippen molar-refractivity contribution in [2.75, 3.05) is 33.4 Å². The quantitative estimate of drug-likeness (QED) is 0.726. The van der Waals surface area contributed by atoms with Gasteiger partial charge in [-0.05, 0) is 37.8 Å². The monoisotopic (exact) mass is 336 g/mol. The van der Waals surface area contributed by atoms with Crippen LogP contribution in [0.2, 0.25) is 0 Å². The molecule has 0 saturated heterocycles. The van der Waals surface area contributed by atoms with Gasteiger partial charge in [0.2, 0.25) is 5.88 Å². The van der Waals surface area contributed by atoms with Crippen LogP contribution in [0.5, 0.6) is 5.88 Å². The number of aromatic nitrogens is 1. The summed E-state index contributed by atoms with van der Waals surface area (Å²) in [6.07, 6.45) is 1.46. The number of pyridine rings is 1. The summed E-state index contributed by atoms with van der Waals surface area (Å²) in [5, 5.41) is 9.15. The minimum atomic E-state index is -1.00. The summed E-state index contributed by atoms with van der Waals surface area (Å²) in [5.74, 6) is 0.542. The first-order chi connectivity index (χ1) is 11.5. The van der Waals surface area contributed by atoms with Crippen LogP contribution in [0.15, 0.2) is 0 Å². The topological polar surface area (TPSA) is 89.0 Å². The van der Waals surface area contributed by atoms with E-state index < -0.39 is 6.09 Å². The first-order valence-electron chi connectivity index (χ1n) is 8.01. The molecule has 1 amide bonds. The molecule has 7 nitrogen and oxygen atoms in total.